The number of nitrogens with zero attached hydrogens (tertiary/aromatic N) is 1. The average Bonchev–Trinajstić information content (AvgIpc) is 2.44. The Hall–Kier alpha value is -1.55. The van der Waals surface area contributed by atoms with Gasteiger partial charge in [0.2, 0.25) is 5.91 Å². The van der Waals surface area contributed by atoms with Crippen LogP contribution in [0.15, 0.2) is 24.3 Å². The lowest BCUT2D eigenvalue weighted by atomic mass is 9.98. The summed E-state index contributed by atoms with van der Waals surface area (Å²) in [5.41, 5.74) is 7.22. The van der Waals surface area contributed by atoms with Crippen molar-refractivity contribution in [2.24, 2.45) is 11.7 Å². The van der Waals surface area contributed by atoms with E-state index >= 15 is 0 Å². The third-order valence-corrected chi connectivity index (χ3v) is 3.76. The van der Waals surface area contributed by atoms with Crippen LogP contribution in [0.4, 0.5) is 0 Å². The van der Waals surface area contributed by atoms with Crippen LogP contribution in [0.5, 0.6) is 5.75 Å². The Morgan fingerprint density at radius 1 is 1.42 bits per heavy atom. The molecule has 0 spiro atoms. The molecule has 1 aliphatic rings. The zero-order chi connectivity index (χ0) is 13.8. The zero-order valence-corrected chi connectivity index (χ0v) is 11.6. The van der Waals surface area contributed by atoms with Crippen molar-refractivity contribution >= 4 is 5.91 Å². The molecular weight excluding hydrogens is 240 g/mol. The lowest BCUT2D eigenvalue weighted by Gasteiger charge is -2.32. The van der Waals surface area contributed by atoms with Gasteiger partial charge in [-0.2, -0.15) is 0 Å². The standard InChI is InChI=1S/C15H22N2O2/c1-11-4-3-9-17(15(11)18)10-14(16)12-5-7-13(19-2)8-6-12/h5-8,11,14H,3-4,9-10,16H2,1-2H3. The summed E-state index contributed by atoms with van der Waals surface area (Å²) < 4.78 is 5.12. The predicted molar refractivity (Wildman–Crippen MR) is 74.9 cm³/mol. The molecule has 1 aliphatic heterocycles. The zero-order valence-electron chi connectivity index (χ0n) is 11.6. The van der Waals surface area contributed by atoms with E-state index in [1.54, 1.807) is 7.11 Å². The number of methoxy groups -OCH3 is 1. The van der Waals surface area contributed by atoms with E-state index < -0.39 is 0 Å². The maximum absolute atomic E-state index is 12.0. The van der Waals surface area contributed by atoms with E-state index in [1.807, 2.05) is 36.1 Å². The summed E-state index contributed by atoms with van der Waals surface area (Å²) in [6, 6.07) is 7.58. The van der Waals surface area contributed by atoms with Crippen molar-refractivity contribution in [1.29, 1.82) is 0 Å². The van der Waals surface area contributed by atoms with E-state index in [1.165, 1.54) is 0 Å². The molecule has 19 heavy (non-hydrogen) atoms. The molecule has 0 bridgehead atoms. The van der Waals surface area contributed by atoms with Gasteiger partial charge in [0.05, 0.1) is 7.11 Å². The van der Waals surface area contributed by atoms with Crippen LogP contribution in [-0.4, -0.2) is 31.0 Å². The fourth-order valence-electron chi connectivity index (χ4n) is 2.51. The second-order valence-corrected chi connectivity index (χ2v) is 5.21. The number of benzene rings is 1. The molecule has 1 saturated heterocycles. The van der Waals surface area contributed by atoms with E-state index in [9.17, 15) is 4.79 Å². The fourth-order valence-corrected chi connectivity index (χ4v) is 2.51. The van der Waals surface area contributed by atoms with Gasteiger partial charge in [0.1, 0.15) is 5.75 Å². The van der Waals surface area contributed by atoms with Crippen LogP contribution in [-0.2, 0) is 4.79 Å². The van der Waals surface area contributed by atoms with Crippen molar-refractivity contribution in [3.63, 3.8) is 0 Å². The fraction of sp³-hybridized carbons (Fsp3) is 0.533. The first-order valence-corrected chi connectivity index (χ1v) is 6.80. The molecule has 2 unspecified atom stereocenters. The summed E-state index contributed by atoms with van der Waals surface area (Å²) in [5.74, 6) is 1.19. The number of amides is 1. The van der Waals surface area contributed by atoms with Gasteiger partial charge in [0, 0.05) is 25.0 Å². The Morgan fingerprint density at radius 3 is 2.74 bits per heavy atom. The van der Waals surface area contributed by atoms with Crippen molar-refractivity contribution in [2.45, 2.75) is 25.8 Å². The SMILES string of the molecule is COc1ccc(C(N)CN2CCCC(C)C2=O)cc1. The van der Waals surface area contributed by atoms with Crippen LogP contribution in [0.25, 0.3) is 0 Å². The average molecular weight is 262 g/mol. The number of carbonyl (C=O) groups is 1. The van der Waals surface area contributed by atoms with Gasteiger partial charge < -0.3 is 15.4 Å². The molecule has 1 fully saturated rings. The number of hydrogen-bond donors (Lipinski definition) is 1. The van der Waals surface area contributed by atoms with E-state index in [2.05, 4.69) is 0 Å². The van der Waals surface area contributed by atoms with Crippen molar-refractivity contribution in [3.05, 3.63) is 29.8 Å². The molecule has 0 aliphatic carbocycles. The highest BCUT2D eigenvalue weighted by Gasteiger charge is 2.26. The minimum atomic E-state index is -0.139. The Balaban J connectivity index is 1.99. The third kappa shape index (κ3) is 3.26. The van der Waals surface area contributed by atoms with Crippen molar-refractivity contribution in [1.82, 2.24) is 4.90 Å². The number of hydrogen-bond acceptors (Lipinski definition) is 3. The first-order valence-electron chi connectivity index (χ1n) is 6.80. The minimum Gasteiger partial charge on any atom is -0.497 e. The number of carbonyl (C=O) groups excluding carboxylic acids is 1. The topological polar surface area (TPSA) is 55.6 Å². The molecule has 2 atom stereocenters. The Kier molecular flexibility index (Phi) is 4.43. The molecule has 4 nitrogen and oxygen atoms in total. The largest absolute Gasteiger partial charge is 0.497 e. The Labute approximate surface area is 114 Å². The van der Waals surface area contributed by atoms with E-state index in [-0.39, 0.29) is 17.9 Å². The summed E-state index contributed by atoms with van der Waals surface area (Å²) in [6.07, 6.45) is 2.06. The first-order chi connectivity index (χ1) is 9.11. The molecule has 104 valence electrons. The van der Waals surface area contributed by atoms with E-state index in [0.717, 1.165) is 30.7 Å². The molecule has 2 rings (SSSR count). The van der Waals surface area contributed by atoms with Gasteiger partial charge in [-0.15, -0.1) is 0 Å². The highest BCUT2D eigenvalue weighted by molar-refractivity contribution is 5.79. The van der Waals surface area contributed by atoms with Gasteiger partial charge in [0.25, 0.3) is 0 Å². The highest BCUT2D eigenvalue weighted by Crippen LogP contribution is 2.21. The van der Waals surface area contributed by atoms with Crippen LogP contribution >= 0.6 is 0 Å². The predicted octanol–water partition coefficient (Wildman–Crippen LogP) is 1.95. The normalized spacial score (nSPS) is 21.3. The van der Waals surface area contributed by atoms with Crippen molar-refractivity contribution in [3.8, 4) is 5.75 Å². The molecular formula is C15H22N2O2. The smallest absolute Gasteiger partial charge is 0.225 e. The van der Waals surface area contributed by atoms with Crippen molar-refractivity contribution < 1.29 is 9.53 Å². The molecule has 1 aromatic rings. The number of likely N-dealkylation sites (tertiary alicyclic amines) is 1. The molecule has 1 heterocycles. The Morgan fingerprint density at radius 2 is 2.11 bits per heavy atom. The van der Waals surface area contributed by atoms with E-state index in [4.69, 9.17) is 10.5 Å². The van der Waals surface area contributed by atoms with Crippen LogP contribution in [0.3, 0.4) is 0 Å². The van der Waals surface area contributed by atoms with Gasteiger partial charge >= 0.3 is 0 Å². The maximum atomic E-state index is 12.0. The van der Waals surface area contributed by atoms with Crippen LogP contribution in [0, 0.1) is 5.92 Å². The summed E-state index contributed by atoms with van der Waals surface area (Å²) in [7, 11) is 1.64. The minimum absolute atomic E-state index is 0.136. The monoisotopic (exact) mass is 262 g/mol. The molecule has 0 saturated carbocycles. The molecule has 0 aromatic heterocycles. The second kappa shape index (κ2) is 6.06. The van der Waals surface area contributed by atoms with Gasteiger partial charge in [0.15, 0.2) is 0 Å². The number of rotatable bonds is 4. The van der Waals surface area contributed by atoms with Gasteiger partial charge in [-0.05, 0) is 30.5 Å². The first kappa shape index (κ1) is 13.9. The number of nitrogens with two attached hydrogens (primary N) is 1. The summed E-state index contributed by atoms with van der Waals surface area (Å²) in [5, 5.41) is 0. The molecule has 1 amide bonds. The Bertz CT molecular complexity index is 430. The third-order valence-electron chi connectivity index (χ3n) is 3.76. The summed E-state index contributed by atoms with van der Waals surface area (Å²) >= 11 is 0. The van der Waals surface area contributed by atoms with Crippen LogP contribution in [0.2, 0.25) is 0 Å². The lowest BCUT2D eigenvalue weighted by Crippen LogP contribution is -2.43. The van der Waals surface area contributed by atoms with Crippen LogP contribution in [0.1, 0.15) is 31.4 Å². The molecule has 2 N–H and O–H groups in total. The quantitative estimate of drug-likeness (QED) is 0.902. The highest BCUT2D eigenvalue weighted by atomic mass is 16.5. The number of piperidine rings is 1. The molecule has 0 radical (unpaired) electrons. The summed E-state index contributed by atoms with van der Waals surface area (Å²) in [6.45, 7) is 3.41. The van der Waals surface area contributed by atoms with Crippen molar-refractivity contribution in [2.75, 3.05) is 20.2 Å². The van der Waals surface area contributed by atoms with Gasteiger partial charge in [-0.1, -0.05) is 19.1 Å². The van der Waals surface area contributed by atoms with Gasteiger partial charge in [-0.25, -0.2) is 0 Å². The molecule has 1 aromatic carbocycles. The number of ether oxygens (including phenoxy) is 1. The summed E-state index contributed by atoms with van der Waals surface area (Å²) in [4.78, 5) is 13.9. The second-order valence-electron chi connectivity index (χ2n) is 5.21. The van der Waals surface area contributed by atoms with E-state index in [0.29, 0.717) is 6.54 Å². The lowest BCUT2D eigenvalue weighted by molar-refractivity contribution is -0.138. The van der Waals surface area contributed by atoms with Crippen LogP contribution < -0.4 is 10.5 Å². The molecule has 4 heteroatoms. The maximum Gasteiger partial charge on any atom is 0.225 e. The van der Waals surface area contributed by atoms with Gasteiger partial charge in [-0.3, -0.25) is 4.79 Å².